The number of hydrogen-bond acceptors (Lipinski definition) is 5. The molecule has 3 rings (SSSR count). The first kappa shape index (κ1) is 17.9. The molecule has 26 heavy (non-hydrogen) atoms. The van der Waals surface area contributed by atoms with Gasteiger partial charge in [-0.3, -0.25) is 4.79 Å². The predicted octanol–water partition coefficient (Wildman–Crippen LogP) is 0.212. The second-order valence-electron chi connectivity index (χ2n) is 6.22. The minimum Gasteiger partial charge on any atom is -0.465 e. The van der Waals surface area contributed by atoms with Gasteiger partial charge in [0.1, 0.15) is 5.82 Å². The van der Waals surface area contributed by atoms with Gasteiger partial charge in [0.2, 0.25) is 0 Å². The minimum atomic E-state index is -0.391. The van der Waals surface area contributed by atoms with Crippen molar-refractivity contribution in [3.8, 4) is 0 Å². The fourth-order valence-electron chi connectivity index (χ4n) is 3.01. The van der Waals surface area contributed by atoms with Crippen LogP contribution in [0.25, 0.3) is 0 Å². The summed E-state index contributed by atoms with van der Waals surface area (Å²) >= 11 is 0. The number of rotatable bonds is 5. The number of anilines is 2. The van der Waals surface area contributed by atoms with Crippen LogP contribution in [0, 0.1) is 0 Å². The van der Waals surface area contributed by atoms with E-state index in [1.165, 1.54) is 12.0 Å². The highest BCUT2D eigenvalue weighted by atomic mass is 16.5. The average Bonchev–Trinajstić information content (AvgIpc) is 2.69. The summed E-state index contributed by atoms with van der Waals surface area (Å²) < 4.78 is 4.66. The summed E-state index contributed by atoms with van der Waals surface area (Å²) in [6.45, 7) is 3.98. The van der Waals surface area contributed by atoms with Crippen LogP contribution in [0.5, 0.6) is 0 Å². The maximum absolute atomic E-state index is 12.3. The van der Waals surface area contributed by atoms with Crippen molar-refractivity contribution in [3.63, 3.8) is 0 Å². The summed E-state index contributed by atoms with van der Waals surface area (Å²) in [5, 5.41) is 2.88. The first-order valence-corrected chi connectivity index (χ1v) is 8.63. The molecule has 1 aromatic heterocycles. The monoisotopic (exact) mass is 355 g/mol. The molecule has 1 aliphatic rings. The Morgan fingerprint density at radius 1 is 1.15 bits per heavy atom. The second kappa shape index (κ2) is 8.44. The molecule has 7 nitrogen and oxygen atoms in total. The lowest BCUT2D eigenvalue weighted by Gasteiger charge is -2.32. The Morgan fingerprint density at radius 3 is 2.50 bits per heavy atom. The summed E-state index contributed by atoms with van der Waals surface area (Å²) in [5.41, 5.74) is 1.14. The summed E-state index contributed by atoms with van der Waals surface area (Å²) in [7, 11) is 1.34. The van der Waals surface area contributed by atoms with Crippen molar-refractivity contribution in [2.24, 2.45) is 0 Å². The van der Waals surface area contributed by atoms with Gasteiger partial charge in [-0.2, -0.15) is 0 Å². The third kappa shape index (κ3) is 4.58. The molecule has 2 heterocycles. The molecule has 1 fully saturated rings. The number of carbonyl (C=O) groups excluding carboxylic acids is 2. The normalized spacial score (nSPS) is 14.7. The zero-order chi connectivity index (χ0) is 18.4. The number of nitrogens with zero attached hydrogens (tertiary/aromatic N) is 2. The quantitative estimate of drug-likeness (QED) is 0.750. The Labute approximate surface area is 152 Å². The highest BCUT2D eigenvalue weighted by Crippen LogP contribution is 2.10. The van der Waals surface area contributed by atoms with Crippen molar-refractivity contribution in [1.29, 1.82) is 0 Å². The van der Waals surface area contributed by atoms with Crippen LogP contribution in [0.3, 0.4) is 0 Å². The van der Waals surface area contributed by atoms with Crippen LogP contribution in [0.15, 0.2) is 48.7 Å². The maximum atomic E-state index is 12.3. The van der Waals surface area contributed by atoms with E-state index in [4.69, 9.17) is 0 Å². The largest absolute Gasteiger partial charge is 0.465 e. The molecule has 0 atom stereocenters. The minimum absolute atomic E-state index is 0.0305. The van der Waals surface area contributed by atoms with Gasteiger partial charge in [0.25, 0.3) is 5.91 Å². The number of ether oxygens (including phenoxy) is 1. The van der Waals surface area contributed by atoms with Gasteiger partial charge in [-0.25, -0.2) is 9.78 Å². The van der Waals surface area contributed by atoms with Crippen LogP contribution in [0.1, 0.15) is 10.4 Å². The standard InChI is InChI=1S/C19H22N4O3/c1-26-19(25)15-5-7-16(8-6-15)21-18(24)14-22-10-12-23(13-11-22)17-4-2-3-9-20-17/h2-9H,10-14H2,1H3,(H,21,24)/p+1. The molecule has 1 aliphatic heterocycles. The summed E-state index contributed by atoms with van der Waals surface area (Å²) in [5.74, 6) is 0.567. The van der Waals surface area contributed by atoms with Crippen molar-refractivity contribution in [3.05, 3.63) is 54.2 Å². The van der Waals surface area contributed by atoms with Crippen LogP contribution in [0.2, 0.25) is 0 Å². The summed E-state index contributed by atoms with van der Waals surface area (Å²) in [4.78, 5) is 31.5. The zero-order valence-corrected chi connectivity index (χ0v) is 14.8. The fraction of sp³-hybridized carbons (Fsp3) is 0.316. The van der Waals surface area contributed by atoms with Gasteiger partial charge in [0.15, 0.2) is 6.54 Å². The maximum Gasteiger partial charge on any atom is 0.337 e. The molecule has 0 radical (unpaired) electrons. The van der Waals surface area contributed by atoms with Gasteiger partial charge in [-0.05, 0) is 36.4 Å². The molecular formula is C19H23N4O3+. The number of piperazine rings is 1. The lowest BCUT2D eigenvalue weighted by molar-refractivity contribution is -0.892. The van der Waals surface area contributed by atoms with Gasteiger partial charge in [0.05, 0.1) is 38.9 Å². The van der Waals surface area contributed by atoms with E-state index in [0.29, 0.717) is 17.8 Å². The topological polar surface area (TPSA) is 76.0 Å². The van der Waals surface area contributed by atoms with Crippen LogP contribution in [0.4, 0.5) is 11.5 Å². The van der Waals surface area contributed by atoms with E-state index in [0.717, 1.165) is 32.0 Å². The van der Waals surface area contributed by atoms with Crippen LogP contribution < -0.4 is 15.1 Å². The van der Waals surface area contributed by atoms with Crippen molar-refractivity contribution in [2.45, 2.75) is 0 Å². The van der Waals surface area contributed by atoms with E-state index in [1.54, 1.807) is 30.5 Å². The molecule has 1 aromatic carbocycles. The lowest BCUT2D eigenvalue weighted by Crippen LogP contribution is -3.15. The van der Waals surface area contributed by atoms with Crippen LogP contribution in [-0.2, 0) is 9.53 Å². The number of nitrogens with one attached hydrogen (secondary N) is 2. The highest BCUT2D eigenvalue weighted by Gasteiger charge is 2.22. The second-order valence-corrected chi connectivity index (χ2v) is 6.22. The van der Waals surface area contributed by atoms with E-state index in [2.05, 4.69) is 19.9 Å². The zero-order valence-electron chi connectivity index (χ0n) is 14.8. The fourth-order valence-corrected chi connectivity index (χ4v) is 3.01. The molecular weight excluding hydrogens is 332 g/mol. The molecule has 1 saturated heterocycles. The van der Waals surface area contributed by atoms with Crippen molar-refractivity contribution >= 4 is 23.4 Å². The highest BCUT2D eigenvalue weighted by molar-refractivity contribution is 5.93. The number of pyridine rings is 1. The number of benzene rings is 1. The predicted molar refractivity (Wildman–Crippen MR) is 98.4 cm³/mol. The molecule has 2 N–H and O–H groups in total. The van der Waals surface area contributed by atoms with E-state index >= 15 is 0 Å². The molecule has 2 aromatic rings. The number of hydrogen-bond donors (Lipinski definition) is 2. The molecule has 0 unspecified atom stereocenters. The number of methoxy groups -OCH3 is 1. The Bertz CT molecular complexity index is 741. The Morgan fingerprint density at radius 2 is 1.88 bits per heavy atom. The molecule has 1 amide bonds. The lowest BCUT2D eigenvalue weighted by atomic mass is 10.2. The molecule has 0 aliphatic carbocycles. The summed E-state index contributed by atoms with van der Waals surface area (Å²) in [6, 6.07) is 12.6. The third-order valence-electron chi connectivity index (χ3n) is 4.44. The van der Waals surface area contributed by atoms with Crippen molar-refractivity contribution in [1.82, 2.24) is 4.98 Å². The summed E-state index contributed by atoms with van der Waals surface area (Å²) in [6.07, 6.45) is 1.80. The molecule has 136 valence electrons. The number of quaternary nitrogens is 1. The smallest absolute Gasteiger partial charge is 0.337 e. The van der Waals surface area contributed by atoms with Crippen LogP contribution >= 0.6 is 0 Å². The third-order valence-corrected chi connectivity index (χ3v) is 4.44. The first-order chi connectivity index (χ1) is 12.7. The van der Waals surface area contributed by atoms with Gasteiger partial charge < -0.3 is 19.9 Å². The van der Waals surface area contributed by atoms with Gasteiger partial charge in [-0.1, -0.05) is 6.07 Å². The van der Waals surface area contributed by atoms with E-state index in [-0.39, 0.29) is 5.91 Å². The van der Waals surface area contributed by atoms with Gasteiger partial charge >= 0.3 is 5.97 Å². The van der Waals surface area contributed by atoms with Crippen molar-refractivity contribution in [2.75, 3.05) is 50.1 Å². The van der Waals surface area contributed by atoms with Crippen LogP contribution in [-0.4, -0.2) is 56.7 Å². The molecule has 0 spiro atoms. The first-order valence-electron chi connectivity index (χ1n) is 8.63. The number of carbonyl (C=O) groups is 2. The number of aromatic nitrogens is 1. The van der Waals surface area contributed by atoms with E-state index in [9.17, 15) is 9.59 Å². The Kier molecular flexibility index (Phi) is 5.80. The number of amides is 1. The molecule has 0 saturated carbocycles. The van der Waals surface area contributed by atoms with E-state index in [1.807, 2.05) is 18.2 Å². The van der Waals surface area contributed by atoms with Gasteiger partial charge in [-0.15, -0.1) is 0 Å². The SMILES string of the molecule is COC(=O)c1ccc(NC(=O)C[NH+]2CCN(c3ccccn3)CC2)cc1. The van der Waals surface area contributed by atoms with Crippen molar-refractivity contribution < 1.29 is 19.2 Å². The molecule has 7 heteroatoms. The average molecular weight is 355 g/mol. The van der Waals surface area contributed by atoms with Gasteiger partial charge in [0, 0.05) is 11.9 Å². The Hall–Kier alpha value is -2.93. The number of esters is 1. The van der Waals surface area contributed by atoms with E-state index < -0.39 is 5.97 Å². The molecule has 0 bridgehead atoms. The Balaban J connectivity index is 1.46.